The Morgan fingerprint density at radius 2 is 1.75 bits per heavy atom. The minimum absolute atomic E-state index is 0.626. The zero-order valence-electron chi connectivity index (χ0n) is 17.1. The van der Waals surface area contributed by atoms with Crippen LogP contribution in [-0.4, -0.2) is 21.3 Å². The number of benzene rings is 1. The Morgan fingerprint density at radius 1 is 1.00 bits per heavy atom. The molecule has 0 atom stereocenters. The molecule has 1 aliphatic heterocycles. The van der Waals surface area contributed by atoms with E-state index in [1.165, 1.54) is 85.9 Å². The Hall–Kier alpha value is -0.870. The van der Waals surface area contributed by atoms with Crippen LogP contribution in [0, 0.1) is 0 Å². The van der Waals surface area contributed by atoms with Gasteiger partial charge < -0.3 is 0 Å². The zero-order chi connectivity index (χ0) is 18.9. The van der Waals surface area contributed by atoms with E-state index in [4.69, 9.17) is 5.10 Å². The van der Waals surface area contributed by atoms with Crippen LogP contribution < -0.4 is 0 Å². The number of rotatable bonds is 3. The summed E-state index contributed by atoms with van der Waals surface area (Å²) in [4.78, 5) is 0. The largest absolute Gasteiger partial charge is 0.262 e. The number of allylic oxidation sites excluding steroid dienone is 1. The smallest absolute Gasteiger partial charge is 0.0700 e. The molecule has 1 aromatic carbocycles. The molecule has 28 heavy (non-hydrogen) atoms. The minimum atomic E-state index is 0.626. The quantitative estimate of drug-likeness (QED) is 0.521. The summed E-state index contributed by atoms with van der Waals surface area (Å²) < 4.78 is 4.07. The maximum Gasteiger partial charge on any atom is 0.0700 e. The second-order valence-corrected chi connectivity index (χ2v) is 11.1. The number of thioether (sulfide) groups is 2. The molecule has 150 valence electrons. The first-order valence-corrected chi connectivity index (χ1v) is 13.3. The van der Waals surface area contributed by atoms with E-state index in [0.29, 0.717) is 6.04 Å². The van der Waals surface area contributed by atoms with Gasteiger partial charge in [0.25, 0.3) is 0 Å². The molecule has 0 N–H and O–H groups in total. The predicted octanol–water partition coefficient (Wildman–Crippen LogP) is 7.45. The summed E-state index contributed by atoms with van der Waals surface area (Å²) >= 11 is 4.24. The summed E-state index contributed by atoms with van der Waals surface area (Å²) in [5.74, 6) is 3.39. The summed E-state index contributed by atoms with van der Waals surface area (Å²) in [7, 11) is 0. The van der Waals surface area contributed by atoms with Crippen LogP contribution in [0.3, 0.4) is 0 Å². The molecule has 1 aromatic heterocycles. The van der Waals surface area contributed by atoms with Crippen molar-refractivity contribution in [1.82, 2.24) is 9.78 Å². The number of fused-ring (bicyclic) bond motifs is 1. The Kier molecular flexibility index (Phi) is 5.78. The highest BCUT2D eigenvalue weighted by Crippen LogP contribution is 2.45. The van der Waals surface area contributed by atoms with Crippen molar-refractivity contribution in [1.29, 1.82) is 0 Å². The molecule has 2 nitrogen and oxygen atoms in total. The van der Waals surface area contributed by atoms with Gasteiger partial charge in [0, 0.05) is 9.62 Å². The number of aromatic nitrogens is 2. The zero-order valence-corrected chi connectivity index (χ0v) is 18.7. The highest BCUT2D eigenvalue weighted by molar-refractivity contribution is 8.22. The van der Waals surface area contributed by atoms with Crippen molar-refractivity contribution in [2.45, 2.75) is 83.1 Å². The summed E-state index contributed by atoms with van der Waals surface area (Å²) in [6.07, 6.45) is 13.0. The number of aryl methyl sites for hydroxylation is 1. The number of hydrogen-bond acceptors (Lipinski definition) is 3. The molecule has 0 amide bonds. The number of nitrogens with zero attached hydrogens (tertiary/aromatic N) is 2. The van der Waals surface area contributed by atoms with Crippen molar-refractivity contribution < 1.29 is 0 Å². The van der Waals surface area contributed by atoms with Crippen LogP contribution in [0.1, 0.15) is 87.9 Å². The van der Waals surface area contributed by atoms with Crippen LogP contribution >= 0.6 is 23.5 Å². The fourth-order valence-electron chi connectivity index (χ4n) is 5.30. The van der Waals surface area contributed by atoms with E-state index in [0.717, 1.165) is 12.3 Å². The minimum Gasteiger partial charge on any atom is -0.262 e. The third-order valence-electron chi connectivity index (χ3n) is 6.92. The van der Waals surface area contributed by atoms with Crippen LogP contribution in [0.5, 0.6) is 0 Å². The van der Waals surface area contributed by atoms with Crippen molar-refractivity contribution in [3.63, 3.8) is 0 Å². The lowest BCUT2D eigenvalue weighted by molar-refractivity contribution is 0.477. The first-order chi connectivity index (χ1) is 13.8. The topological polar surface area (TPSA) is 17.8 Å². The Bertz CT molecular complexity index is 858. The first-order valence-electron chi connectivity index (χ1n) is 11.3. The average molecular weight is 413 g/mol. The molecule has 1 saturated heterocycles. The Morgan fingerprint density at radius 3 is 2.46 bits per heavy atom. The second kappa shape index (κ2) is 8.47. The number of hydrogen-bond donors (Lipinski definition) is 0. The van der Waals surface area contributed by atoms with Gasteiger partial charge in [0.15, 0.2) is 0 Å². The Balaban J connectivity index is 1.40. The van der Waals surface area contributed by atoms with Gasteiger partial charge in [0.1, 0.15) is 0 Å². The van der Waals surface area contributed by atoms with Gasteiger partial charge in [-0.2, -0.15) is 5.10 Å². The molecule has 2 heterocycles. The van der Waals surface area contributed by atoms with Gasteiger partial charge in [0.05, 0.1) is 17.3 Å². The van der Waals surface area contributed by atoms with Gasteiger partial charge in [-0.05, 0) is 80.4 Å². The average Bonchev–Trinajstić information content (AvgIpc) is 3.42. The van der Waals surface area contributed by atoms with Crippen LogP contribution in [0.15, 0.2) is 28.0 Å². The van der Waals surface area contributed by atoms with Crippen LogP contribution in [-0.2, 0) is 6.42 Å². The SMILES string of the molecule is CCc1nn(C2CCCC2)c2cc(C3CCC(=C4SCCCS4)CC3)ccc12. The Labute approximate surface area is 177 Å². The van der Waals surface area contributed by atoms with Crippen LogP contribution in [0.25, 0.3) is 10.9 Å². The van der Waals surface area contributed by atoms with Crippen molar-refractivity contribution in [2.75, 3.05) is 11.5 Å². The monoisotopic (exact) mass is 412 g/mol. The maximum absolute atomic E-state index is 5.05. The summed E-state index contributed by atoms with van der Waals surface area (Å²) in [5, 5.41) is 6.45. The molecule has 0 bridgehead atoms. The lowest BCUT2D eigenvalue weighted by Crippen LogP contribution is -2.09. The summed E-state index contributed by atoms with van der Waals surface area (Å²) in [6.45, 7) is 2.24. The van der Waals surface area contributed by atoms with E-state index in [1.54, 1.807) is 15.4 Å². The normalized spacial score (nSPS) is 24.4. The summed E-state index contributed by atoms with van der Waals surface area (Å²) in [6, 6.07) is 7.92. The van der Waals surface area contributed by atoms with Crippen molar-refractivity contribution in [3.05, 3.63) is 39.3 Å². The van der Waals surface area contributed by atoms with Gasteiger partial charge in [-0.25, -0.2) is 0 Å². The van der Waals surface area contributed by atoms with Gasteiger partial charge in [0.2, 0.25) is 0 Å². The molecular formula is C24H32N2S2. The van der Waals surface area contributed by atoms with Gasteiger partial charge in [-0.15, -0.1) is 23.5 Å². The molecule has 5 rings (SSSR count). The molecule has 0 unspecified atom stereocenters. The van der Waals surface area contributed by atoms with E-state index >= 15 is 0 Å². The lowest BCUT2D eigenvalue weighted by Gasteiger charge is -2.27. The highest BCUT2D eigenvalue weighted by Gasteiger charge is 2.25. The molecule has 0 radical (unpaired) electrons. The highest BCUT2D eigenvalue weighted by atomic mass is 32.2. The van der Waals surface area contributed by atoms with Gasteiger partial charge in [-0.3, -0.25) is 4.68 Å². The standard InChI is InChI=1S/C24H32N2S2/c1-2-22-21-13-12-19(16-23(21)26(25-22)20-6-3-4-7-20)17-8-10-18(11-9-17)24-27-14-5-15-28-24/h12-13,16-17,20H,2-11,14-15H2,1H3. The molecule has 2 saturated carbocycles. The fourth-order valence-corrected chi connectivity index (χ4v) is 8.08. The second-order valence-electron chi connectivity index (χ2n) is 8.68. The van der Waals surface area contributed by atoms with Crippen LogP contribution in [0.2, 0.25) is 0 Å². The van der Waals surface area contributed by atoms with Gasteiger partial charge >= 0.3 is 0 Å². The van der Waals surface area contributed by atoms with Crippen molar-refractivity contribution >= 4 is 34.4 Å². The van der Waals surface area contributed by atoms with E-state index in [-0.39, 0.29) is 0 Å². The third-order valence-corrected chi connectivity index (χ3v) is 9.71. The summed E-state index contributed by atoms with van der Waals surface area (Å²) in [5.41, 5.74) is 6.01. The fraction of sp³-hybridized carbons (Fsp3) is 0.625. The molecular weight excluding hydrogens is 380 g/mol. The first kappa shape index (κ1) is 19.1. The maximum atomic E-state index is 5.05. The molecule has 3 aliphatic rings. The molecule has 2 aromatic rings. The van der Waals surface area contributed by atoms with E-state index in [2.05, 4.69) is 53.3 Å². The molecule has 3 fully saturated rings. The molecule has 2 aliphatic carbocycles. The van der Waals surface area contributed by atoms with Crippen LogP contribution in [0.4, 0.5) is 0 Å². The molecule has 4 heteroatoms. The van der Waals surface area contributed by atoms with E-state index in [1.807, 2.05) is 0 Å². The predicted molar refractivity (Wildman–Crippen MR) is 124 cm³/mol. The third kappa shape index (κ3) is 3.67. The van der Waals surface area contributed by atoms with Gasteiger partial charge in [-0.1, -0.05) is 37.5 Å². The van der Waals surface area contributed by atoms with Crippen molar-refractivity contribution in [3.8, 4) is 0 Å². The van der Waals surface area contributed by atoms with E-state index in [9.17, 15) is 0 Å². The lowest BCUT2D eigenvalue weighted by atomic mass is 9.82. The molecule has 0 spiro atoms. The van der Waals surface area contributed by atoms with E-state index < -0.39 is 0 Å². The van der Waals surface area contributed by atoms with Crippen molar-refractivity contribution in [2.24, 2.45) is 0 Å².